The summed E-state index contributed by atoms with van der Waals surface area (Å²) in [5, 5.41) is 10.3. The molecule has 2 rings (SSSR count). The standard InChI is InChI=1S/C17H22N2O2/c1-12(2)8-14-4-6-15(7-5-14)16(20)11-19-10-13(3)9-18-17(19)21/h4-7,9-10,12,16,20H,8,11H2,1-3H3. The number of rotatable bonds is 5. The molecule has 0 radical (unpaired) electrons. The largest absolute Gasteiger partial charge is 0.387 e. The van der Waals surface area contributed by atoms with Gasteiger partial charge in [-0.3, -0.25) is 4.57 Å². The van der Waals surface area contributed by atoms with Crippen molar-refractivity contribution in [3.05, 3.63) is 63.8 Å². The van der Waals surface area contributed by atoms with Gasteiger partial charge in [-0.25, -0.2) is 9.78 Å². The summed E-state index contributed by atoms with van der Waals surface area (Å²) >= 11 is 0. The van der Waals surface area contributed by atoms with Crippen LogP contribution in [-0.4, -0.2) is 14.7 Å². The van der Waals surface area contributed by atoms with Gasteiger partial charge >= 0.3 is 5.69 Å². The van der Waals surface area contributed by atoms with Crippen molar-refractivity contribution >= 4 is 0 Å². The molecule has 0 fully saturated rings. The van der Waals surface area contributed by atoms with E-state index >= 15 is 0 Å². The lowest BCUT2D eigenvalue weighted by atomic mass is 10.0. The van der Waals surface area contributed by atoms with Crippen LogP contribution in [0.25, 0.3) is 0 Å². The number of nitrogens with zero attached hydrogens (tertiary/aromatic N) is 2. The third kappa shape index (κ3) is 4.26. The van der Waals surface area contributed by atoms with Gasteiger partial charge in [0.15, 0.2) is 0 Å². The van der Waals surface area contributed by atoms with Crippen LogP contribution in [0.1, 0.15) is 36.6 Å². The number of benzene rings is 1. The van der Waals surface area contributed by atoms with Crippen LogP contribution >= 0.6 is 0 Å². The van der Waals surface area contributed by atoms with Crippen molar-refractivity contribution in [2.45, 2.75) is 39.8 Å². The van der Waals surface area contributed by atoms with Gasteiger partial charge in [-0.1, -0.05) is 38.1 Å². The lowest BCUT2D eigenvalue weighted by Crippen LogP contribution is -2.25. The van der Waals surface area contributed by atoms with Crippen LogP contribution in [0.15, 0.2) is 41.5 Å². The van der Waals surface area contributed by atoms with Crippen LogP contribution in [0.2, 0.25) is 0 Å². The molecule has 0 aliphatic rings. The fraction of sp³-hybridized carbons (Fsp3) is 0.412. The average Bonchev–Trinajstić information content (AvgIpc) is 2.43. The van der Waals surface area contributed by atoms with Crippen molar-refractivity contribution in [2.24, 2.45) is 5.92 Å². The monoisotopic (exact) mass is 286 g/mol. The van der Waals surface area contributed by atoms with E-state index in [1.54, 1.807) is 6.20 Å². The minimum atomic E-state index is -0.709. The summed E-state index contributed by atoms with van der Waals surface area (Å²) in [5.74, 6) is 0.609. The molecule has 1 heterocycles. The zero-order valence-corrected chi connectivity index (χ0v) is 12.8. The molecule has 0 amide bonds. The van der Waals surface area contributed by atoms with Crippen molar-refractivity contribution in [1.29, 1.82) is 0 Å². The van der Waals surface area contributed by atoms with Crippen molar-refractivity contribution in [1.82, 2.24) is 9.55 Å². The summed E-state index contributed by atoms with van der Waals surface area (Å²) in [6, 6.07) is 7.93. The first-order chi connectivity index (χ1) is 9.95. The first kappa shape index (κ1) is 15.4. The Balaban J connectivity index is 2.11. The van der Waals surface area contributed by atoms with Crippen molar-refractivity contribution in [3.8, 4) is 0 Å². The van der Waals surface area contributed by atoms with E-state index in [0.29, 0.717) is 5.92 Å². The maximum absolute atomic E-state index is 11.7. The van der Waals surface area contributed by atoms with E-state index in [1.165, 1.54) is 16.3 Å². The topological polar surface area (TPSA) is 55.1 Å². The summed E-state index contributed by atoms with van der Waals surface area (Å²) in [4.78, 5) is 15.4. The van der Waals surface area contributed by atoms with Gasteiger partial charge in [0.1, 0.15) is 0 Å². The van der Waals surface area contributed by atoms with E-state index in [9.17, 15) is 9.90 Å². The molecular weight excluding hydrogens is 264 g/mol. The fourth-order valence-corrected chi connectivity index (χ4v) is 2.34. The van der Waals surface area contributed by atoms with Gasteiger partial charge in [0.2, 0.25) is 0 Å². The molecule has 1 N–H and O–H groups in total. The summed E-state index contributed by atoms with van der Waals surface area (Å²) in [7, 11) is 0. The molecule has 0 spiro atoms. The van der Waals surface area contributed by atoms with E-state index < -0.39 is 6.10 Å². The Kier molecular flexibility index (Phi) is 4.91. The number of aromatic nitrogens is 2. The van der Waals surface area contributed by atoms with Gasteiger partial charge in [-0.2, -0.15) is 0 Å². The maximum atomic E-state index is 11.7. The Morgan fingerprint density at radius 2 is 1.90 bits per heavy atom. The highest BCUT2D eigenvalue weighted by molar-refractivity contribution is 5.24. The van der Waals surface area contributed by atoms with Gasteiger partial charge in [-0.15, -0.1) is 0 Å². The van der Waals surface area contributed by atoms with Crippen molar-refractivity contribution in [3.63, 3.8) is 0 Å². The number of aryl methyl sites for hydroxylation is 1. The number of hydrogen-bond donors (Lipinski definition) is 1. The van der Waals surface area contributed by atoms with Crippen LogP contribution < -0.4 is 5.69 Å². The van der Waals surface area contributed by atoms with E-state index in [0.717, 1.165) is 17.5 Å². The van der Waals surface area contributed by atoms with Gasteiger partial charge in [0.05, 0.1) is 12.6 Å². The van der Waals surface area contributed by atoms with Gasteiger partial charge in [0.25, 0.3) is 0 Å². The van der Waals surface area contributed by atoms with Crippen molar-refractivity contribution < 1.29 is 5.11 Å². The van der Waals surface area contributed by atoms with E-state index in [1.807, 2.05) is 31.2 Å². The summed E-state index contributed by atoms with van der Waals surface area (Å²) in [6.45, 7) is 6.45. The third-order valence-corrected chi connectivity index (χ3v) is 3.36. The Morgan fingerprint density at radius 1 is 1.24 bits per heavy atom. The molecule has 4 nitrogen and oxygen atoms in total. The Labute approximate surface area is 125 Å². The van der Waals surface area contributed by atoms with E-state index in [2.05, 4.69) is 18.8 Å². The number of hydrogen-bond acceptors (Lipinski definition) is 3. The lowest BCUT2D eigenvalue weighted by Gasteiger charge is -2.14. The molecule has 1 aromatic heterocycles. The second-order valence-corrected chi connectivity index (χ2v) is 5.92. The number of aliphatic hydroxyl groups excluding tert-OH is 1. The molecule has 0 bridgehead atoms. The number of aliphatic hydroxyl groups is 1. The normalized spacial score (nSPS) is 12.6. The Morgan fingerprint density at radius 3 is 2.52 bits per heavy atom. The molecule has 0 saturated heterocycles. The highest BCUT2D eigenvalue weighted by Gasteiger charge is 2.10. The van der Waals surface area contributed by atoms with Gasteiger partial charge < -0.3 is 5.11 Å². The van der Waals surface area contributed by atoms with Crippen LogP contribution in [0, 0.1) is 12.8 Å². The molecular formula is C17H22N2O2. The molecule has 4 heteroatoms. The van der Waals surface area contributed by atoms with Crippen molar-refractivity contribution in [2.75, 3.05) is 0 Å². The predicted octanol–water partition coefficient (Wildman–Crippen LogP) is 2.48. The second kappa shape index (κ2) is 6.68. The van der Waals surface area contributed by atoms with Crippen LogP contribution in [0.5, 0.6) is 0 Å². The minimum Gasteiger partial charge on any atom is -0.387 e. The SMILES string of the molecule is Cc1cnc(=O)n(CC(O)c2ccc(CC(C)C)cc2)c1. The molecule has 2 aromatic rings. The molecule has 0 aliphatic carbocycles. The highest BCUT2D eigenvalue weighted by Crippen LogP contribution is 2.17. The zero-order valence-electron chi connectivity index (χ0n) is 12.8. The van der Waals surface area contributed by atoms with Crippen LogP contribution in [0.3, 0.4) is 0 Å². The zero-order chi connectivity index (χ0) is 15.4. The highest BCUT2D eigenvalue weighted by atomic mass is 16.3. The summed E-state index contributed by atoms with van der Waals surface area (Å²) in [6.07, 6.45) is 3.56. The summed E-state index contributed by atoms with van der Waals surface area (Å²) in [5.41, 5.74) is 2.64. The summed E-state index contributed by atoms with van der Waals surface area (Å²) < 4.78 is 1.45. The fourth-order valence-electron chi connectivity index (χ4n) is 2.34. The maximum Gasteiger partial charge on any atom is 0.347 e. The molecule has 1 atom stereocenters. The first-order valence-corrected chi connectivity index (χ1v) is 7.25. The first-order valence-electron chi connectivity index (χ1n) is 7.25. The van der Waals surface area contributed by atoms with Gasteiger partial charge in [-0.05, 0) is 36.0 Å². The van der Waals surface area contributed by atoms with E-state index in [-0.39, 0.29) is 12.2 Å². The molecule has 21 heavy (non-hydrogen) atoms. The quantitative estimate of drug-likeness (QED) is 0.918. The smallest absolute Gasteiger partial charge is 0.347 e. The van der Waals surface area contributed by atoms with Gasteiger partial charge in [0, 0.05) is 12.4 Å². The molecule has 112 valence electrons. The third-order valence-electron chi connectivity index (χ3n) is 3.36. The molecule has 0 saturated carbocycles. The Hall–Kier alpha value is -1.94. The molecule has 1 unspecified atom stereocenters. The second-order valence-electron chi connectivity index (χ2n) is 5.92. The van der Waals surface area contributed by atoms with E-state index in [4.69, 9.17) is 0 Å². The average molecular weight is 286 g/mol. The minimum absolute atomic E-state index is 0.219. The molecule has 0 aliphatic heterocycles. The lowest BCUT2D eigenvalue weighted by molar-refractivity contribution is 0.154. The predicted molar refractivity (Wildman–Crippen MR) is 83.2 cm³/mol. The van der Waals surface area contributed by atoms with Crippen LogP contribution in [0.4, 0.5) is 0 Å². The Bertz CT molecular complexity index is 645. The molecule has 1 aromatic carbocycles. The van der Waals surface area contributed by atoms with Crippen LogP contribution in [-0.2, 0) is 13.0 Å².